The summed E-state index contributed by atoms with van der Waals surface area (Å²) < 4.78 is 0. The van der Waals surface area contributed by atoms with E-state index in [9.17, 15) is 5.11 Å². The van der Waals surface area contributed by atoms with Gasteiger partial charge in [0.15, 0.2) is 0 Å². The molecule has 0 saturated carbocycles. The first-order chi connectivity index (χ1) is 27.8. The number of hydrogen-bond acceptors (Lipinski definition) is 5. The number of aromatic hydroxyl groups is 1. The maximum absolute atomic E-state index is 11.5. The highest BCUT2D eigenvalue weighted by atomic mass is 16.3. The molecule has 0 radical (unpaired) electrons. The molecule has 0 bridgehead atoms. The highest BCUT2D eigenvalue weighted by molar-refractivity contribution is 5.63. The van der Waals surface area contributed by atoms with Gasteiger partial charge in [0.2, 0.25) is 5.95 Å². The number of unbranched alkanes of at least 4 members (excludes halogenated alkanes) is 22. The zero-order valence-corrected chi connectivity index (χ0v) is 40.3. The molecule has 334 valence electrons. The lowest BCUT2D eigenvalue weighted by atomic mass is 9.79. The van der Waals surface area contributed by atoms with E-state index in [0.29, 0.717) is 23.5 Å². The second-order valence-electron chi connectivity index (χ2n) is 20.2. The summed E-state index contributed by atoms with van der Waals surface area (Å²) >= 11 is 0. The fourth-order valence-corrected chi connectivity index (χ4v) is 8.65. The molecule has 2 N–H and O–H groups in total. The van der Waals surface area contributed by atoms with Gasteiger partial charge in [0, 0.05) is 28.7 Å². The van der Waals surface area contributed by atoms with E-state index >= 15 is 0 Å². The summed E-state index contributed by atoms with van der Waals surface area (Å²) in [6.07, 6.45) is 38.9. The molecule has 1 heterocycles. The Balaban J connectivity index is 2.59. The van der Waals surface area contributed by atoms with Crippen molar-refractivity contribution in [1.29, 1.82) is 0 Å². The molecule has 0 spiro atoms. The van der Waals surface area contributed by atoms with Crippen molar-refractivity contribution >= 4 is 11.6 Å². The SMILES string of the molecule is CCCCCCCCCC(CCCCCCCC)c1nc(Nc2cc(C(C)(C)C)c(O)c(C(C)(C)C)c2)nc(C(CCCCCCCC)CCCCCCCCC)n1. The molecule has 0 amide bonds. The first kappa shape index (κ1) is 52.0. The molecule has 0 aliphatic heterocycles. The Hall–Kier alpha value is -2.17. The second-order valence-corrected chi connectivity index (χ2v) is 20.2. The normalized spacial score (nSPS) is 13.3. The van der Waals surface area contributed by atoms with Crippen molar-refractivity contribution in [3.63, 3.8) is 0 Å². The smallest absolute Gasteiger partial charge is 0.230 e. The predicted molar refractivity (Wildman–Crippen MR) is 255 cm³/mol. The van der Waals surface area contributed by atoms with E-state index in [1.807, 2.05) is 0 Å². The first-order valence-corrected chi connectivity index (χ1v) is 25.3. The average molecular weight is 805 g/mol. The zero-order valence-electron chi connectivity index (χ0n) is 40.3. The lowest BCUT2D eigenvalue weighted by Crippen LogP contribution is -2.18. The highest BCUT2D eigenvalue weighted by Gasteiger charge is 2.28. The molecule has 5 heteroatoms. The van der Waals surface area contributed by atoms with Crippen molar-refractivity contribution in [2.24, 2.45) is 0 Å². The van der Waals surface area contributed by atoms with Crippen LogP contribution in [0.1, 0.15) is 296 Å². The van der Waals surface area contributed by atoms with E-state index < -0.39 is 0 Å². The average Bonchev–Trinajstić information content (AvgIpc) is 3.17. The van der Waals surface area contributed by atoms with Crippen LogP contribution in [0.3, 0.4) is 0 Å². The number of hydrogen-bond donors (Lipinski definition) is 2. The van der Waals surface area contributed by atoms with Crippen molar-refractivity contribution in [3.8, 4) is 5.75 Å². The molecule has 1 aromatic carbocycles. The van der Waals surface area contributed by atoms with Gasteiger partial charge in [-0.15, -0.1) is 0 Å². The summed E-state index contributed by atoms with van der Waals surface area (Å²) in [6.45, 7) is 22.3. The number of nitrogens with zero attached hydrogens (tertiary/aromatic N) is 3. The fourth-order valence-electron chi connectivity index (χ4n) is 8.65. The van der Waals surface area contributed by atoms with Gasteiger partial charge in [0.05, 0.1) is 0 Å². The van der Waals surface area contributed by atoms with Gasteiger partial charge >= 0.3 is 0 Å². The molecule has 1 aromatic heterocycles. The summed E-state index contributed by atoms with van der Waals surface area (Å²) in [7, 11) is 0. The van der Waals surface area contributed by atoms with E-state index in [4.69, 9.17) is 15.0 Å². The van der Waals surface area contributed by atoms with Gasteiger partial charge in [-0.2, -0.15) is 9.97 Å². The molecule has 58 heavy (non-hydrogen) atoms. The minimum absolute atomic E-state index is 0.214. The number of nitrogens with one attached hydrogen (secondary N) is 1. The van der Waals surface area contributed by atoms with Crippen LogP contribution in [-0.2, 0) is 10.8 Å². The van der Waals surface area contributed by atoms with Gasteiger partial charge < -0.3 is 10.4 Å². The Morgan fingerprint density at radius 3 is 0.983 bits per heavy atom. The third kappa shape index (κ3) is 21.4. The Labute approximate surface area is 361 Å². The number of phenolic OH excluding ortho intramolecular Hbond substituents is 1. The lowest BCUT2D eigenvalue weighted by molar-refractivity contribution is 0.423. The zero-order chi connectivity index (χ0) is 42.7. The summed E-state index contributed by atoms with van der Waals surface area (Å²) in [6, 6.07) is 4.26. The van der Waals surface area contributed by atoms with Gasteiger partial charge in [0.25, 0.3) is 0 Å². The molecule has 0 aliphatic rings. The minimum Gasteiger partial charge on any atom is -0.507 e. The van der Waals surface area contributed by atoms with Crippen LogP contribution in [0.25, 0.3) is 0 Å². The van der Waals surface area contributed by atoms with Crippen LogP contribution in [0.2, 0.25) is 0 Å². The summed E-state index contributed by atoms with van der Waals surface area (Å²) in [5, 5.41) is 15.3. The summed E-state index contributed by atoms with van der Waals surface area (Å²) in [5.74, 6) is 3.84. The van der Waals surface area contributed by atoms with Crippen LogP contribution in [0.4, 0.5) is 11.6 Å². The molecule has 0 aliphatic carbocycles. The number of anilines is 2. The standard InChI is InChI=1S/C53H96N4O/c1-11-15-19-23-27-31-35-39-43(37-33-29-25-21-17-13-3)49-55-50(44(38-34-30-26-22-18-14-4)40-36-32-28-24-20-16-12-2)57-51(56-49)54-45-41-46(52(5,6)7)48(58)47(42-45)53(8,9)10/h41-44,58H,11-40H2,1-10H3,(H,54,55,56,57). The topological polar surface area (TPSA) is 70.9 Å². The van der Waals surface area contributed by atoms with Gasteiger partial charge in [-0.1, -0.05) is 236 Å². The lowest BCUT2D eigenvalue weighted by Gasteiger charge is -2.28. The number of benzene rings is 1. The molecule has 0 fully saturated rings. The van der Waals surface area contributed by atoms with Crippen LogP contribution < -0.4 is 5.32 Å². The number of rotatable bonds is 34. The Kier molecular flexibility index (Phi) is 26.8. The molecule has 5 nitrogen and oxygen atoms in total. The van der Waals surface area contributed by atoms with Crippen molar-refractivity contribution in [2.75, 3.05) is 5.32 Å². The van der Waals surface area contributed by atoms with E-state index in [-0.39, 0.29) is 10.8 Å². The first-order valence-electron chi connectivity index (χ1n) is 25.3. The van der Waals surface area contributed by atoms with Crippen molar-refractivity contribution in [3.05, 3.63) is 34.9 Å². The third-order valence-electron chi connectivity index (χ3n) is 12.5. The number of phenols is 1. The van der Waals surface area contributed by atoms with Crippen LogP contribution in [-0.4, -0.2) is 20.1 Å². The largest absolute Gasteiger partial charge is 0.507 e. The molecule has 2 unspecified atom stereocenters. The molecule has 2 atom stereocenters. The van der Waals surface area contributed by atoms with E-state index in [1.165, 1.54) is 167 Å². The second kappa shape index (κ2) is 30.0. The minimum atomic E-state index is -0.214. The Bertz CT molecular complexity index is 1230. The van der Waals surface area contributed by atoms with E-state index in [2.05, 4.69) is 86.7 Å². The highest BCUT2D eigenvalue weighted by Crippen LogP contribution is 2.42. The maximum atomic E-state index is 11.5. The van der Waals surface area contributed by atoms with Gasteiger partial charge in [0.1, 0.15) is 17.4 Å². The maximum Gasteiger partial charge on any atom is 0.230 e. The predicted octanol–water partition coefficient (Wildman–Crippen LogP) is 17.9. The van der Waals surface area contributed by atoms with E-state index in [1.54, 1.807) is 0 Å². The summed E-state index contributed by atoms with van der Waals surface area (Å²) in [5.41, 5.74) is 2.44. The Morgan fingerprint density at radius 1 is 0.431 bits per heavy atom. The molecular weight excluding hydrogens is 709 g/mol. The van der Waals surface area contributed by atoms with Crippen LogP contribution >= 0.6 is 0 Å². The van der Waals surface area contributed by atoms with Crippen LogP contribution in [0.15, 0.2) is 12.1 Å². The molecule has 2 aromatic rings. The fraction of sp³-hybridized carbons (Fsp3) is 0.830. The third-order valence-corrected chi connectivity index (χ3v) is 12.5. The van der Waals surface area contributed by atoms with Crippen molar-refractivity contribution in [1.82, 2.24) is 15.0 Å². The van der Waals surface area contributed by atoms with Crippen LogP contribution in [0.5, 0.6) is 5.75 Å². The summed E-state index contributed by atoms with van der Waals surface area (Å²) in [4.78, 5) is 16.3. The molecule has 0 saturated heterocycles. The monoisotopic (exact) mass is 805 g/mol. The van der Waals surface area contributed by atoms with Crippen molar-refractivity contribution in [2.45, 2.75) is 285 Å². The van der Waals surface area contributed by atoms with Gasteiger partial charge in [-0.25, -0.2) is 4.98 Å². The quantitative estimate of drug-likeness (QED) is 0.0545. The number of aromatic nitrogens is 3. The Morgan fingerprint density at radius 2 is 0.707 bits per heavy atom. The van der Waals surface area contributed by atoms with Gasteiger partial charge in [-0.3, -0.25) is 0 Å². The molecule has 2 rings (SSSR count). The van der Waals surface area contributed by atoms with Crippen molar-refractivity contribution < 1.29 is 5.11 Å². The molecular formula is C53H96N4O. The van der Waals surface area contributed by atoms with E-state index in [0.717, 1.165) is 54.1 Å². The van der Waals surface area contributed by atoms with Crippen LogP contribution in [0, 0.1) is 0 Å². The van der Waals surface area contributed by atoms with Gasteiger partial charge in [-0.05, 0) is 48.6 Å².